The summed E-state index contributed by atoms with van der Waals surface area (Å²) in [5.74, 6) is 0. The number of halogens is 1. The van der Waals surface area contributed by atoms with Crippen molar-refractivity contribution in [1.29, 1.82) is 0 Å². The maximum absolute atomic E-state index is 6.03. The van der Waals surface area contributed by atoms with Crippen LogP contribution in [0.1, 0.15) is 26.3 Å². The minimum Gasteiger partial charge on any atom is -0.236 e. The van der Waals surface area contributed by atoms with Crippen molar-refractivity contribution >= 4 is 22.5 Å². The highest BCUT2D eigenvalue weighted by Crippen LogP contribution is 2.16. The first-order chi connectivity index (χ1) is 7.63. The van der Waals surface area contributed by atoms with E-state index in [-0.39, 0.29) is 0 Å². The van der Waals surface area contributed by atoms with Gasteiger partial charge in [-0.05, 0) is 32.4 Å². The van der Waals surface area contributed by atoms with E-state index in [0.29, 0.717) is 5.17 Å². The first-order valence-electron chi connectivity index (χ1n) is 5.24. The van der Waals surface area contributed by atoms with E-state index in [4.69, 9.17) is 11.6 Å². The Morgan fingerprint density at radius 2 is 1.81 bits per heavy atom. The monoisotopic (exact) mass is 233 g/mol. The molecule has 1 nitrogen and oxygen atoms in total. The van der Waals surface area contributed by atoms with Crippen LogP contribution in [0.15, 0.2) is 53.0 Å². The van der Waals surface area contributed by atoms with Gasteiger partial charge in [0.1, 0.15) is 5.17 Å². The van der Waals surface area contributed by atoms with Crippen LogP contribution in [0.5, 0.6) is 0 Å². The summed E-state index contributed by atoms with van der Waals surface area (Å²) in [6.07, 6.45) is 3.81. The average Bonchev–Trinajstić information content (AvgIpc) is 2.26. The molecule has 0 radical (unpaired) electrons. The predicted molar refractivity (Wildman–Crippen MR) is 72.8 cm³/mol. The Hall–Kier alpha value is -1.34. The Kier molecular flexibility index (Phi) is 5.00. The predicted octanol–water partition coefficient (Wildman–Crippen LogP) is 4.65. The van der Waals surface area contributed by atoms with Crippen LogP contribution in [0, 0.1) is 0 Å². The van der Waals surface area contributed by atoms with E-state index in [9.17, 15) is 0 Å². The lowest BCUT2D eigenvalue weighted by molar-refractivity contribution is 1.40. The minimum atomic E-state index is 0.511. The summed E-state index contributed by atoms with van der Waals surface area (Å²) in [6.45, 7) is 5.95. The number of aliphatic imine (C=N–C) groups is 1. The van der Waals surface area contributed by atoms with Crippen molar-refractivity contribution in [3.05, 3.63) is 53.6 Å². The molecule has 0 aliphatic rings. The first-order valence-corrected chi connectivity index (χ1v) is 5.62. The Labute approximate surface area is 102 Å². The molecule has 0 unspecified atom stereocenters. The summed E-state index contributed by atoms with van der Waals surface area (Å²) in [5, 5.41) is 0.511. The SMILES string of the molecule is C/C=C(\N=C(Cl)C=C(C)C)c1ccccc1. The van der Waals surface area contributed by atoms with Crippen molar-refractivity contribution < 1.29 is 0 Å². The lowest BCUT2D eigenvalue weighted by Crippen LogP contribution is -1.86. The van der Waals surface area contributed by atoms with E-state index in [0.717, 1.165) is 16.8 Å². The number of benzene rings is 1. The number of hydrogen-bond acceptors (Lipinski definition) is 1. The molecule has 84 valence electrons. The standard InChI is InChI=1S/C14H16ClN/c1-4-13(12-8-6-5-7-9-12)16-14(15)10-11(2)3/h4-10H,1-3H3/b13-4-,16-14?. The van der Waals surface area contributed by atoms with Gasteiger partial charge >= 0.3 is 0 Å². The molecule has 0 fully saturated rings. The molecule has 0 aliphatic heterocycles. The highest BCUT2D eigenvalue weighted by Gasteiger charge is 1.98. The van der Waals surface area contributed by atoms with Crippen LogP contribution in [-0.2, 0) is 0 Å². The second-order valence-electron chi connectivity index (χ2n) is 3.70. The van der Waals surface area contributed by atoms with Gasteiger partial charge in [0.25, 0.3) is 0 Å². The minimum absolute atomic E-state index is 0.511. The van der Waals surface area contributed by atoms with Gasteiger partial charge in [-0.25, -0.2) is 4.99 Å². The smallest absolute Gasteiger partial charge is 0.129 e. The third-order valence-corrected chi connectivity index (χ3v) is 2.17. The molecule has 1 rings (SSSR count). The van der Waals surface area contributed by atoms with Crippen molar-refractivity contribution in [2.45, 2.75) is 20.8 Å². The molecule has 0 spiro atoms. The van der Waals surface area contributed by atoms with Crippen LogP contribution in [0.4, 0.5) is 0 Å². The van der Waals surface area contributed by atoms with Crippen LogP contribution in [0.3, 0.4) is 0 Å². The Balaban J connectivity index is 2.99. The molecular formula is C14H16ClN. The number of nitrogens with zero attached hydrogens (tertiary/aromatic N) is 1. The zero-order valence-electron chi connectivity index (χ0n) is 9.87. The van der Waals surface area contributed by atoms with Crippen molar-refractivity contribution in [1.82, 2.24) is 0 Å². The summed E-state index contributed by atoms with van der Waals surface area (Å²) in [5.41, 5.74) is 3.10. The van der Waals surface area contributed by atoms with Crippen LogP contribution in [-0.4, -0.2) is 5.17 Å². The number of hydrogen-bond donors (Lipinski definition) is 0. The maximum Gasteiger partial charge on any atom is 0.129 e. The Bertz CT molecular complexity index is 423. The van der Waals surface area contributed by atoms with Crippen LogP contribution < -0.4 is 0 Å². The van der Waals surface area contributed by atoms with Crippen LogP contribution >= 0.6 is 11.6 Å². The highest BCUT2D eigenvalue weighted by molar-refractivity contribution is 6.68. The fraction of sp³-hybridized carbons (Fsp3) is 0.214. The molecule has 0 N–H and O–H groups in total. The highest BCUT2D eigenvalue weighted by atomic mass is 35.5. The van der Waals surface area contributed by atoms with Gasteiger partial charge in [0.15, 0.2) is 0 Å². The second-order valence-corrected chi connectivity index (χ2v) is 4.08. The molecule has 0 bridgehead atoms. The van der Waals surface area contributed by atoms with Gasteiger partial charge in [-0.1, -0.05) is 53.6 Å². The fourth-order valence-electron chi connectivity index (χ4n) is 1.29. The van der Waals surface area contributed by atoms with Gasteiger partial charge in [-0.3, -0.25) is 0 Å². The average molecular weight is 234 g/mol. The van der Waals surface area contributed by atoms with Gasteiger partial charge in [0.05, 0.1) is 5.70 Å². The lowest BCUT2D eigenvalue weighted by Gasteiger charge is -2.01. The van der Waals surface area contributed by atoms with Gasteiger partial charge in [0.2, 0.25) is 0 Å². The molecule has 16 heavy (non-hydrogen) atoms. The van der Waals surface area contributed by atoms with E-state index >= 15 is 0 Å². The lowest BCUT2D eigenvalue weighted by atomic mass is 10.1. The molecule has 0 saturated heterocycles. The molecule has 0 saturated carbocycles. The van der Waals surface area contributed by atoms with Gasteiger partial charge < -0.3 is 0 Å². The molecule has 0 amide bonds. The molecule has 0 atom stereocenters. The van der Waals surface area contributed by atoms with Crippen LogP contribution in [0.2, 0.25) is 0 Å². The van der Waals surface area contributed by atoms with E-state index in [1.807, 2.05) is 63.3 Å². The van der Waals surface area contributed by atoms with Gasteiger partial charge in [-0.15, -0.1) is 0 Å². The fourth-order valence-corrected chi connectivity index (χ4v) is 1.60. The van der Waals surface area contributed by atoms with Gasteiger partial charge in [0, 0.05) is 0 Å². The number of allylic oxidation sites excluding steroid dienone is 3. The molecule has 0 heterocycles. The Morgan fingerprint density at radius 1 is 1.19 bits per heavy atom. The normalized spacial score (nSPS) is 12.5. The summed E-state index contributed by atoms with van der Waals surface area (Å²) in [7, 11) is 0. The van der Waals surface area contributed by atoms with Crippen molar-refractivity contribution in [3.8, 4) is 0 Å². The molecular weight excluding hydrogens is 218 g/mol. The summed E-state index contributed by atoms with van der Waals surface area (Å²) in [6, 6.07) is 10.0. The summed E-state index contributed by atoms with van der Waals surface area (Å²) in [4.78, 5) is 4.37. The Morgan fingerprint density at radius 3 is 2.31 bits per heavy atom. The van der Waals surface area contributed by atoms with E-state index in [1.54, 1.807) is 0 Å². The third kappa shape index (κ3) is 4.03. The summed E-state index contributed by atoms with van der Waals surface area (Å²) < 4.78 is 0. The van der Waals surface area contributed by atoms with Crippen LogP contribution in [0.25, 0.3) is 5.70 Å². The van der Waals surface area contributed by atoms with E-state index in [1.165, 1.54) is 0 Å². The second kappa shape index (κ2) is 6.29. The zero-order valence-corrected chi connectivity index (χ0v) is 10.6. The topological polar surface area (TPSA) is 12.4 Å². The van der Waals surface area contributed by atoms with Crippen molar-refractivity contribution in [2.75, 3.05) is 0 Å². The largest absolute Gasteiger partial charge is 0.236 e. The van der Waals surface area contributed by atoms with E-state index < -0.39 is 0 Å². The maximum atomic E-state index is 6.03. The van der Waals surface area contributed by atoms with Gasteiger partial charge in [-0.2, -0.15) is 0 Å². The molecule has 1 aromatic rings. The molecule has 1 aromatic carbocycles. The third-order valence-electron chi connectivity index (χ3n) is 1.98. The quantitative estimate of drug-likeness (QED) is 0.674. The van der Waals surface area contributed by atoms with Crippen molar-refractivity contribution in [2.24, 2.45) is 4.99 Å². The number of rotatable bonds is 3. The molecule has 0 aromatic heterocycles. The van der Waals surface area contributed by atoms with Crippen molar-refractivity contribution in [3.63, 3.8) is 0 Å². The molecule has 0 aliphatic carbocycles. The van der Waals surface area contributed by atoms with E-state index in [2.05, 4.69) is 4.99 Å². The first kappa shape index (κ1) is 12.7. The zero-order chi connectivity index (χ0) is 12.0. The summed E-state index contributed by atoms with van der Waals surface area (Å²) >= 11 is 6.03. The molecule has 2 heteroatoms.